The van der Waals surface area contributed by atoms with Crippen LogP contribution in [0.1, 0.15) is 16.7 Å². The molecular formula is C27H26P+. The molecule has 4 aromatic rings. The fourth-order valence-electron chi connectivity index (χ4n) is 4.10. The first-order valence-corrected chi connectivity index (χ1v) is 11.8. The van der Waals surface area contributed by atoms with Gasteiger partial charge in [0, 0.05) is 0 Å². The lowest BCUT2D eigenvalue weighted by Gasteiger charge is -2.29. The van der Waals surface area contributed by atoms with Crippen LogP contribution in [0.4, 0.5) is 0 Å². The van der Waals surface area contributed by atoms with Crippen molar-refractivity contribution in [3.8, 4) is 0 Å². The first-order valence-electron chi connectivity index (χ1n) is 9.82. The molecule has 0 aliphatic rings. The maximum Gasteiger partial charge on any atom is 0.116 e. The Morgan fingerprint density at radius 2 is 0.821 bits per heavy atom. The van der Waals surface area contributed by atoms with E-state index in [4.69, 9.17) is 0 Å². The van der Waals surface area contributed by atoms with Gasteiger partial charge in [-0.25, -0.2) is 0 Å². The molecule has 0 aromatic heterocycles. The zero-order valence-electron chi connectivity index (χ0n) is 16.5. The lowest BCUT2D eigenvalue weighted by atomic mass is 10.1. The molecular weight excluding hydrogens is 355 g/mol. The van der Waals surface area contributed by atoms with E-state index in [-0.39, 0.29) is 0 Å². The molecule has 4 rings (SSSR count). The first kappa shape index (κ1) is 18.7. The largest absolute Gasteiger partial charge is 0.116 e. The van der Waals surface area contributed by atoms with E-state index in [2.05, 4.69) is 123 Å². The van der Waals surface area contributed by atoms with Crippen molar-refractivity contribution in [1.29, 1.82) is 0 Å². The van der Waals surface area contributed by atoms with E-state index in [0.717, 1.165) is 6.16 Å². The molecule has 0 amide bonds. The molecule has 1 heteroatoms. The summed E-state index contributed by atoms with van der Waals surface area (Å²) < 4.78 is 0. The molecule has 0 saturated carbocycles. The van der Waals surface area contributed by atoms with Crippen molar-refractivity contribution in [2.24, 2.45) is 0 Å². The molecule has 0 N–H and O–H groups in total. The Morgan fingerprint density at radius 1 is 0.464 bits per heavy atom. The normalized spacial score (nSPS) is 11.4. The Hall–Kier alpha value is -2.69. The van der Waals surface area contributed by atoms with Crippen LogP contribution >= 0.6 is 7.26 Å². The summed E-state index contributed by atoms with van der Waals surface area (Å²) in [5, 5.41) is 4.32. The van der Waals surface area contributed by atoms with Gasteiger partial charge in [0.1, 0.15) is 23.2 Å². The second-order valence-electron chi connectivity index (χ2n) is 7.34. The monoisotopic (exact) mass is 381 g/mol. The highest BCUT2D eigenvalue weighted by Gasteiger charge is 2.45. The third-order valence-electron chi connectivity index (χ3n) is 5.63. The van der Waals surface area contributed by atoms with Crippen LogP contribution < -0.4 is 15.9 Å². The van der Waals surface area contributed by atoms with Crippen molar-refractivity contribution in [1.82, 2.24) is 0 Å². The predicted molar refractivity (Wildman–Crippen MR) is 125 cm³/mol. The van der Waals surface area contributed by atoms with Gasteiger partial charge in [-0.15, -0.1) is 0 Å². The smallest absolute Gasteiger partial charge is 0.0620 e. The molecule has 0 spiro atoms. The minimum Gasteiger partial charge on any atom is -0.0620 e. The van der Waals surface area contributed by atoms with E-state index in [1.54, 1.807) is 0 Å². The average Bonchev–Trinajstić information content (AvgIpc) is 2.76. The Balaban J connectivity index is 2.04. The molecule has 0 unspecified atom stereocenters. The Labute approximate surface area is 169 Å². The summed E-state index contributed by atoms with van der Waals surface area (Å²) in [6, 6.07) is 40.0. The van der Waals surface area contributed by atoms with Crippen LogP contribution in [0, 0.1) is 13.8 Å². The lowest BCUT2D eigenvalue weighted by Crippen LogP contribution is -2.32. The highest BCUT2D eigenvalue weighted by atomic mass is 31.2. The second-order valence-corrected chi connectivity index (χ2v) is 10.8. The van der Waals surface area contributed by atoms with Crippen molar-refractivity contribution >= 4 is 23.2 Å². The van der Waals surface area contributed by atoms with E-state index in [9.17, 15) is 0 Å². The van der Waals surface area contributed by atoms with Crippen LogP contribution in [0.5, 0.6) is 0 Å². The standard InChI is InChI=1S/C27H26P/c1-22-13-12-14-23(2)27(22)21-28(24-15-6-3-7-16-24,25-17-8-4-9-18-25)26-19-10-5-11-20-26/h3-20H,21H2,1-2H3/q+1. The van der Waals surface area contributed by atoms with E-state index < -0.39 is 7.26 Å². The number of benzene rings is 4. The Kier molecular flexibility index (Phi) is 5.42. The molecule has 0 nitrogen and oxygen atoms in total. The van der Waals surface area contributed by atoms with Crippen LogP contribution in [0.2, 0.25) is 0 Å². The highest BCUT2D eigenvalue weighted by Crippen LogP contribution is 2.58. The van der Waals surface area contributed by atoms with Crippen LogP contribution in [0.15, 0.2) is 109 Å². The predicted octanol–water partition coefficient (Wildman–Crippen LogP) is 5.80. The van der Waals surface area contributed by atoms with Gasteiger partial charge in [-0.1, -0.05) is 72.8 Å². The van der Waals surface area contributed by atoms with Crippen molar-refractivity contribution in [2.75, 3.05) is 0 Å². The third-order valence-corrected chi connectivity index (χ3v) is 9.96. The fourth-order valence-corrected chi connectivity index (χ4v) is 8.56. The molecule has 0 atom stereocenters. The van der Waals surface area contributed by atoms with E-state index in [1.807, 2.05) is 0 Å². The molecule has 4 aromatic carbocycles. The minimum absolute atomic E-state index is 1.05. The molecule has 0 fully saturated rings. The Bertz CT molecular complexity index is 920. The summed E-state index contributed by atoms with van der Waals surface area (Å²) in [7, 11) is -1.83. The SMILES string of the molecule is Cc1cccc(C)c1C[P+](c1ccccc1)(c1ccccc1)c1ccccc1. The molecule has 0 aliphatic carbocycles. The summed E-state index contributed by atoms with van der Waals surface area (Å²) in [5.74, 6) is 0. The first-order chi connectivity index (χ1) is 13.7. The summed E-state index contributed by atoms with van der Waals surface area (Å²) in [6.45, 7) is 4.50. The van der Waals surface area contributed by atoms with Crippen molar-refractivity contribution < 1.29 is 0 Å². The van der Waals surface area contributed by atoms with Gasteiger partial charge in [0.05, 0.1) is 6.16 Å². The van der Waals surface area contributed by atoms with Crippen LogP contribution in [-0.2, 0) is 6.16 Å². The van der Waals surface area contributed by atoms with Gasteiger partial charge in [-0.3, -0.25) is 0 Å². The minimum atomic E-state index is -1.83. The van der Waals surface area contributed by atoms with E-state index in [1.165, 1.54) is 32.6 Å². The molecule has 28 heavy (non-hydrogen) atoms. The summed E-state index contributed by atoms with van der Waals surface area (Å²) in [5.41, 5.74) is 4.24. The van der Waals surface area contributed by atoms with Gasteiger partial charge in [0.25, 0.3) is 0 Å². The molecule has 0 aliphatic heterocycles. The number of aryl methyl sites for hydroxylation is 2. The maximum absolute atomic E-state index is 2.32. The molecule has 138 valence electrons. The van der Waals surface area contributed by atoms with Gasteiger partial charge in [-0.05, 0) is 66.9 Å². The third kappa shape index (κ3) is 3.41. The van der Waals surface area contributed by atoms with Gasteiger partial charge >= 0.3 is 0 Å². The zero-order chi connectivity index (χ0) is 19.4. The summed E-state index contributed by atoms with van der Waals surface area (Å²) in [6.07, 6.45) is 1.05. The van der Waals surface area contributed by atoms with Crippen molar-refractivity contribution in [2.45, 2.75) is 20.0 Å². The number of rotatable bonds is 5. The van der Waals surface area contributed by atoms with Gasteiger partial charge < -0.3 is 0 Å². The lowest BCUT2D eigenvalue weighted by molar-refractivity contribution is 1.23. The number of hydrogen-bond acceptors (Lipinski definition) is 0. The quantitative estimate of drug-likeness (QED) is 0.383. The highest BCUT2D eigenvalue weighted by molar-refractivity contribution is 7.95. The molecule has 0 saturated heterocycles. The molecule has 0 bridgehead atoms. The molecule has 0 heterocycles. The molecule has 0 radical (unpaired) electrons. The van der Waals surface area contributed by atoms with Crippen LogP contribution in [0.25, 0.3) is 0 Å². The van der Waals surface area contributed by atoms with Crippen LogP contribution in [-0.4, -0.2) is 0 Å². The zero-order valence-corrected chi connectivity index (χ0v) is 17.4. The van der Waals surface area contributed by atoms with Crippen molar-refractivity contribution in [3.05, 3.63) is 126 Å². The Morgan fingerprint density at radius 3 is 1.18 bits per heavy atom. The van der Waals surface area contributed by atoms with Crippen LogP contribution in [0.3, 0.4) is 0 Å². The summed E-state index contributed by atoms with van der Waals surface area (Å²) in [4.78, 5) is 0. The average molecular weight is 381 g/mol. The fraction of sp³-hybridized carbons (Fsp3) is 0.111. The van der Waals surface area contributed by atoms with E-state index >= 15 is 0 Å². The van der Waals surface area contributed by atoms with E-state index in [0.29, 0.717) is 0 Å². The maximum atomic E-state index is 2.32. The second kappa shape index (κ2) is 8.13. The summed E-state index contributed by atoms with van der Waals surface area (Å²) >= 11 is 0. The van der Waals surface area contributed by atoms with Gasteiger partial charge in [0.2, 0.25) is 0 Å². The van der Waals surface area contributed by atoms with Gasteiger partial charge in [-0.2, -0.15) is 0 Å². The van der Waals surface area contributed by atoms with Crippen molar-refractivity contribution in [3.63, 3.8) is 0 Å². The number of hydrogen-bond donors (Lipinski definition) is 0. The van der Waals surface area contributed by atoms with Gasteiger partial charge in [0.15, 0.2) is 0 Å². The topological polar surface area (TPSA) is 0 Å².